The van der Waals surface area contributed by atoms with Gasteiger partial charge in [-0.3, -0.25) is 0 Å². The highest BCUT2D eigenvalue weighted by Gasteiger charge is 2.44. The van der Waals surface area contributed by atoms with Crippen LogP contribution in [0.25, 0.3) is 10.9 Å². The van der Waals surface area contributed by atoms with Crippen LogP contribution in [-0.2, 0) is 16.1 Å². The van der Waals surface area contributed by atoms with Crippen LogP contribution in [0, 0.1) is 0 Å². The maximum Gasteiger partial charge on any atom is 0.163 e. The maximum absolute atomic E-state index is 10.3. The first-order valence-electron chi connectivity index (χ1n) is 7.46. The molecule has 126 valence electrons. The van der Waals surface area contributed by atoms with Crippen LogP contribution < -0.4 is 0 Å². The fraction of sp³-hybridized carbons (Fsp3) is 0.500. The highest BCUT2D eigenvalue weighted by atomic mass is 16.6. The second-order valence-corrected chi connectivity index (χ2v) is 5.73. The van der Waals surface area contributed by atoms with E-state index in [1.54, 1.807) is 17.9 Å². The van der Waals surface area contributed by atoms with Crippen LogP contribution >= 0.6 is 0 Å². The molecule has 1 saturated heterocycles. The summed E-state index contributed by atoms with van der Waals surface area (Å²) in [5.74, 6) is 0. The third kappa shape index (κ3) is 2.76. The first-order valence-corrected chi connectivity index (χ1v) is 7.46. The van der Waals surface area contributed by atoms with E-state index in [1.165, 1.54) is 0 Å². The summed E-state index contributed by atoms with van der Waals surface area (Å²) in [6, 6.07) is 7.57. The maximum atomic E-state index is 10.3. The number of ether oxygens (including phenoxy) is 2. The van der Waals surface area contributed by atoms with Crippen LogP contribution in [0.5, 0.6) is 0 Å². The van der Waals surface area contributed by atoms with Crippen LogP contribution in [0.15, 0.2) is 30.5 Å². The van der Waals surface area contributed by atoms with Crippen LogP contribution in [0.4, 0.5) is 0 Å². The molecule has 0 amide bonds. The van der Waals surface area contributed by atoms with Crippen molar-refractivity contribution in [2.24, 2.45) is 0 Å². The van der Waals surface area contributed by atoms with Gasteiger partial charge in [0.15, 0.2) is 6.23 Å². The Balaban J connectivity index is 2.05. The van der Waals surface area contributed by atoms with E-state index in [0.717, 1.165) is 16.5 Å². The van der Waals surface area contributed by atoms with Crippen molar-refractivity contribution in [1.29, 1.82) is 0 Å². The molecule has 5 unspecified atom stereocenters. The van der Waals surface area contributed by atoms with Crippen LogP contribution in [0.2, 0.25) is 0 Å². The van der Waals surface area contributed by atoms with Crippen molar-refractivity contribution in [2.45, 2.75) is 37.3 Å². The molecular weight excluding hydrogens is 302 g/mol. The fourth-order valence-corrected chi connectivity index (χ4v) is 3.07. The van der Waals surface area contributed by atoms with Gasteiger partial charge in [-0.15, -0.1) is 0 Å². The third-order valence-corrected chi connectivity index (χ3v) is 4.26. The Kier molecular flexibility index (Phi) is 4.67. The van der Waals surface area contributed by atoms with Crippen molar-refractivity contribution in [3.63, 3.8) is 0 Å². The van der Waals surface area contributed by atoms with E-state index in [4.69, 9.17) is 9.47 Å². The number of aliphatic hydroxyl groups is 4. The number of nitrogens with zero attached hydrogens (tertiary/aromatic N) is 1. The zero-order valence-electron chi connectivity index (χ0n) is 12.7. The molecule has 0 bridgehead atoms. The number of methoxy groups -OCH3 is 1. The number of hydrogen-bond donors (Lipinski definition) is 4. The quantitative estimate of drug-likeness (QED) is 0.619. The highest BCUT2D eigenvalue weighted by Crippen LogP contribution is 2.33. The van der Waals surface area contributed by atoms with E-state index in [-0.39, 0.29) is 0 Å². The first-order chi connectivity index (χ1) is 11.1. The second-order valence-electron chi connectivity index (χ2n) is 5.73. The summed E-state index contributed by atoms with van der Waals surface area (Å²) in [5, 5.41) is 40.5. The van der Waals surface area contributed by atoms with Gasteiger partial charge in [0.25, 0.3) is 0 Å². The number of rotatable bonds is 4. The van der Waals surface area contributed by atoms with Gasteiger partial charge in [0, 0.05) is 24.3 Å². The van der Waals surface area contributed by atoms with Gasteiger partial charge in [-0.05, 0) is 6.07 Å². The van der Waals surface area contributed by atoms with Crippen LogP contribution in [-0.4, -0.2) is 63.1 Å². The largest absolute Gasteiger partial charge is 0.394 e. The smallest absolute Gasteiger partial charge is 0.163 e. The summed E-state index contributed by atoms with van der Waals surface area (Å²) in [6.07, 6.45) is -4.16. The zero-order valence-corrected chi connectivity index (χ0v) is 12.7. The van der Waals surface area contributed by atoms with Gasteiger partial charge >= 0.3 is 0 Å². The van der Waals surface area contributed by atoms with Crippen LogP contribution in [0.3, 0.4) is 0 Å². The summed E-state index contributed by atoms with van der Waals surface area (Å²) in [5.41, 5.74) is 1.73. The molecule has 1 aliphatic heterocycles. The summed E-state index contributed by atoms with van der Waals surface area (Å²) < 4.78 is 12.5. The number of hydrogen-bond acceptors (Lipinski definition) is 6. The molecule has 23 heavy (non-hydrogen) atoms. The minimum atomic E-state index is -1.40. The van der Waals surface area contributed by atoms with Gasteiger partial charge in [0.2, 0.25) is 0 Å². The molecule has 2 aromatic rings. The van der Waals surface area contributed by atoms with E-state index < -0.39 is 37.3 Å². The molecule has 5 atom stereocenters. The van der Waals surface area contributed by atoms with Gasteiger partial charge < -0.3 is 34.5 Å². The second kappa shape index (κ2) is 6.56. The van der Waals surface area contributed by atoms with Crippen molar-refractivity contribution in [3.8, 4) is 0 Å². The Morgan fingerprint density at radius 1 is 1.13 bits per heavy atom. The van der Waals surface area contributed by atoms with E-state index in [0.29, 0.717) is 6.61 Å². The van der Waals surface area contributed by atoms with Gasteiger partial charge in [0.05, 0.1) is 18.7 Å². The summed E-state index contributed by atoms with van der Waals surface area (Å²) in [6.45, 7) is -0.0590. The summed E-state index contributed by atoms with van der Waals surface area (Å²) in [4.78, 5) is 0. The zero-order chi connectivity index (χ0) is 16.6. The lowest BCUT2D eigenvalue weighted by molar-refractivity contribution is -0.250. The summed E-state index contributed by atoms with van der Waals surface area (Å²) >= 11 is 0. The van der Waals surface area contributed by atoms with E-state index >= 15 is 0 Å². The Labute approximate surface area is 133 Å². The molecule has 0 spiro atoms. The summed E-state index contributed by atoms with van der Waals surface area (Å²) in [7, 11) is 1.60. The lowest BCUT2D eigenvalue weighted by Gasteiger charge is -2.40. The van der Waals surface area contributed by atoms with Gasteiger partial charge in [-0.2, -0.15) is 0 Å². The minimum Gasteiger partial charge on any atom is -0.394 e. The number of aliphatic hydroxyl groups excluding tert-OH is 4. The lowest BCUT2D eigenvalue weighted by atomic mass is 9.98. The van der Waals surface area contributed by atoms with Crippen LogP contribution in [0.1, 0.15) is 11.8 Å². The van der Waals surface area contributed by atoms with E-state index in [2.05, 4.69) is 0 Å². The molecule has 7 heteroatoms. The molecule has 0 aliphatic carbocycles. The minimum absolute atomic E-state index is 0.394. The molecule has 1 aromatic carbocycles. The molecule has 1 fully saturated rings. The molecule has 1 aliphatic rings. The monoisotopic (exact) mass is 323 g/mol. The van der Waals surface area contributed by atoms with E-state index in [1.807, 2.05) is 24.3 Å². The molecule has 2 heterocycles. The standard InChI is InChI=1S/C16H21NO6/c1-22-8-9-6-17(11-5-3-2-4-10(9)11)16-15(21)14(20)13(19)12(7-18)23-16/h2-6,12-16,18-21H,7-8H2,1H3. The molecular formula is C16H21NO6. The van der Waals surface area contributed by atoms with Gasteiger partial charge in [0.1, 0.15) is 24.4 Å². The Morgan fingerprint density at radius 3 is 2.57 bits per heavy atom. The Morgan fingerprint density at radius 2 is 1.87 bits per heavy atom. The van der Waals surface area contributed by atoms with Crippen molar-refractivity contribution < 1.29 is 29.9 Å². The lowest BCUT2D eigenvalue weighted by Crippen LogP contribution is -2.56. The van der Waals surface area contributed by atoms with Gasteiger partial charge in [-0.25, -0.2) is 0 Å². The average Bonchev–Trinajstić information content (AvgIpc) is 2.92. The normalized spacial score (nSPS) is 31.6. The number of para-hydroxylation sites is 1. The first kappa shape index (κ1) is 16.4. The number of benzene rings is 1. The van der Waals surface area contributed by atoms with Gasteiger partial charge in [-0.1, -0.05) is 18.2 Å². The Hall–Kier alpha value is -1.48. The predicted octanol–water partition coefficient (Wildman–Crippen LogP) is -0.240. The molecule has 0 radical (unpaired) electrons. The SMILES string of the molecule is COCc1cn(C2OC(CO)C(O)C(O)C2O)c2ccccc12. The van der Waals surface area contributed by atoms with Crippen molar-refractivity contribution in [3.05, 3.63) is 36.0 Å². The topological polar surface area (TPSA) is 104 Å². The van der Waals surface area contributed by atoms with Crippen molar-refractivity contribution >= 4 is 10.9 Å². The van der Waals surface area contributed by atoms with Crippen molar-refractivity contribution in [1.82, 2.24) is 4.57 Å². The average molecular weight is 323 g/mol. The molecule has 0 saturated carbocycles. The third-order valence-electron chi connectivity index (χ3n) is 4.26. The highest BCUT2D eigenvalue weighted by molar-refractivity contribution is 5.84. The fourth-order valence-electron chi connectivity index (χ4n) is 3.07. The van der Waals surface area contributed by atoms with E-state index in [9.17, 15) is 20.4 Å². The molecule has 4 N–H and O–H groups in total. The number of aromatic nitrogens is 1. The van der Waals surface area contributed by atoms with Crippen molar-refractivity contribution in [2.75, 3.05) is 13.7 Å². The molecule has 1 aromatic heterocycles. The molecule has 3 rings (SSSR count). The molecule has 7 nitrogen and oxygen atoms in total. The Bertz CT molecular complexity index is 670. The predicted molar refractivity (Wildman–Crippen MR) is 81.7 cm³/mol. The number of fused-ring (bicyclic) bond motifs is 1.